The molecule has 0 aromatic carbocycles. The van der Waals surface area contributed by atoms with Crippen LogP contribution in [0.3, 0.4) is 0 Å². The second-order valence-electron chi connectivity index (χ2n) is 6.11. The molecule has 1 aliphatic rings. The van der Waals surface area contributed by atoms with Gasteiger partial charge in [0.15, 0.2) is 0 Å². The van der Waals surface area contributed by atoms with Gasteiger partial charge in [-0.25, -0.2) is 0 Å². The number of hydrogen-bond acceptors (Lipinski definition) is 3. The minimum Gasteiger partial charge on any atom is -0.383 e. The Morgan fingerprint density at radius 1 is 1.22 bits per heavy atom. The molecule has 1 aliphatic heterocycles. The lowest BCUT2D eigenvalue weighted by molar-refractivity contribution is 0.139. The molecule has 18 heavy (non-hydrogen) atoms. The van der Waals surface area contributed by atoms with Gasteiger partial charge in [0.25, 0.3) is 0 Å². The van der Waals surface area contributed by atoms with E-state index in [0.717, 1.165) is 6.61 Å². The molecule has 108 valence electrons. The first-order chi connectivity index (χ1) is 8.63. The lowest BCUT2D eigenvalue weighted by Gasteiger charge is -2.28. The van der Waals surface area contributed by atoms with Crippen LogP contribution in [0, 0.1) is 5.92 Å². The molecule has 0 aromatic heterocycles. The van der Waals surface area contributed by atoms with Gasteiger partial charge in [0.05, 0.1) is 6.61 Å². The van der Waals surface area contributed by atoms with Crippen LogP contribution in [0.4, 0.5) is 0 Å². The summed E-state index contributed by atoms with van der Waals surface area (Å²) in [6, 6.07) is 1.73. The normalized spacial score (nSPS) is 24.8. The first-order valence-electron chi connectivity index (χ1n) is 7.61. The molecule has 3 unspecified atom stereocenters. The van der Waals surface area contributed by atoms with E-state index in [-0.39, 0.29) is 0 Å². The van der Waals surface area contributed by atoms with Crippen molar-refractivity contribution in [3.8, 4) is 0 Å². The zero-order valence-corrected chi connectivity index (χ0v) is 12.7. The maximum absolute atomic E-state index is 5.30. The van der Waals surface area contributed by atoms with Crippen molar-refractivity contribution in [3.63, 3.8) is 0 Å². The van der Waals surface area contributed by atoms with E-state index >= 15 is 0 Å². The molecular weight excluding hydrogens is 224 g/mol. The van der Waals surface area contributed by atoms with Crippen molar-refractivity contribution < 1.29 is 4.74 Å². The summed E-state index contributed by atoms with van der Waals surface area (Å²) in [5.41, 5.74) is 0. The van der Waals surface area contributed by atoms with E-state index in [2.05, 4.69) is 31.4 Å². The molecule has 1 fully saturated rings. The molecule has 3 heteroatoms. The number of methoxy groups -OCH3 is 1. The van der Waals surface area contributed by atoms with E-state index in [9.17, 15) is 0 Å². The molecule has 0 amide bonds. The van der Waals surface area contributed by atoms with Gasteiger partial charge in [-0.1, -0.05) is 26.7 Å². The summed E-state index contributed by atoms with van der Waals surface area (Å²) in [5, 5.41) is 7.40. The third-order valence-electron chi connectivity index (χ3n) is 3.95. The minimum absolute atomic E-state index is 0.468. The summed E-state index contributed by atoms with van der Waals surface area (Å²) >= 11 is 0. The van der Waals surface area contributed by atoms with E-state index in [1.807, 2.05) is 0 Å². The van der Waals surface area contributed by atoms with Crippen LogP contribution < -0.4 is 10.6 Å². The highest BCUT2D eigenvalue weighted by Crippen LogP contribution is 2.13. The first-order valence-corrected chi connectivity index (χ1v) is 7.61. The quantitative estimate of drug-likeness (QED) is 0.734. The summed E-state index contributed by atoms with van der Waals surface area (Å²) in [7, 11) is 1.79. The molecule has 0 bridgehead atoms. The fourth-order valence-electron chi connectivity index (χ4n) is 2.77. The largest absolute Gasteiger partial charge is 0.383 e. The summed E-state index contributed by atoms with van der Waals surface area (Å²) in [5.74, 6) is 0.620. The van der Waals surface area contributed by atoms with Crippen molar-refractivity contribution in [1.29, 1.82) is 0 Å². The second-order valence-corrected chi connectivity index (χ2v) is 6.11. The van der Waals surface area contributed by atoms with E-state index in [1.54, 1.807) is 7.11 Å². The molecule has 0 aliphatic carbocycles. The van der Waals surface area contributed by atoms with Gasteiger partial charge in [-0.2, -0.15) is 0 Å². The minimum atomic E-state index is 0.468. The number of rotatable bonds is 7. The van der Waals surface area contributed by atoms with Gasteiger partial charge in [-0.15, -0.1) is 0 Å². The van der Waals surface area contributed by atoms with E-state index < -0.39 is 0 Å². The highest BCUT2D eigenvalue weighted by atomic mass is 16.5. The lowest BCUT2D eigenvalue weighted by Crippen LogP contribution is -2.45. The van der Waals surface area contributed by atoms with Crippen LogP contribution in [0.5, 0.6) is 0 Å². The molecule has 1 heterocycles. The molecule has 3 nitrogen and oxygen atoms in total. The second kappa shape index (κ2) is 8.89. The van der Waals surface area contributed by atoms with Gasteiger partial charge in [-0.05, 0) is 38.6 Å². The summed E-state index contributed by atoms with van der Waals surface area (Å²) < 4.78 is 5.30. The van der Waals surface area contributed by atoms with Crippen LogP contribution >= 0.6 is 0 Å². The predicted molar refractivity (Wildman–Crippen MR) is 78.0 cm³/mol. The third kappa shape index (κ3) is 6.17. The average Bonchev–Trinajstić information content (AvgIpc) is 2.57. The van der Waals surface area contributed by atoms with Gasteiger partial charge in [-0.3, -0.25) is 0 Å². The molecule has 0 saturated carbocycles. The predicted octanol–water partition coefficient (Wildman–Crippen LogP) is 2.56. The van der Waals surface area contributed by atoms with Crippen molar-refractivity contribution >= 4 is 0 Å². The summed E-state index contributed by atoms with van der Waals surface area (Å²) in [6.07, 6.45) is 6.69. The van der Waals surface area contributed by atoms with Crippen LogP contribution in [0.25, 0.3) is 0 Å². The maximum Gasteiger partial charge on any atom is 0.0618 e. The Labute approximate surface area is 113 Å². The Morgan fingerprint density at radius 3 is 2.67 bits per heavy atom. The van der Waals surface area contributed by atoms with Crippen LogP contribution in [0.1, 0.15) is 52.9 Å². The van der Waals surface area contributed by atoms with Gasteiger partial charge in [0, 0.05) is 25.2 Å². The summed E-state index contributed by atoms with van der Waals surface area (Å²) in [4.78, 5) is 0. The van der Waals surface area contributed by atoms with Crippen LogP contribution in [0.15, 0.2) is 0 Å². The number of hydrogen-bond donors (Lipinski definition) is 2. The molecule has 0 spiro atoms. The zero-order chi connectivity index (χ0) is 13.4. The van der Waals surface area contributed by atoms with E-state index in [0.29, 0.717) is 24.0 Å². The van der Waals surface area contributed by atoms with Crippen molar-refractivity contribution in [3.05, 3.63) is 0 Å². The monoisotopic (exact) mass is 256 g/mol. The Morgan fingerprint density at radius 2 is 2.00 bits per heavy atom. The Kier molecular flexibility index (Phi) is 7.87. The van der Waals surface area contributed by atoms with E-state index in [4.69, 9.17) is 4.74 Å². The highest BCUT2D eigenvalue weighted by molar-refractivity contribution is 4.79. The molecule has 1 rings (SSSR count). The molecular formula is C15H32N2O. The number of ether oxygens (including phenoxy) is 1. The molecule has 2 N–H and O–H groups in total. The topological polar surface area (TPSA) is 33.3 Å². The van der Waals surface area contributed by atoms with Crippen LogP contribution in [-0.4, -0.2) is 38.4 Å². The van der Waals surface area contributed by atoms with Crippen molar-refractivity contribution in [2.45, 2.75) is 71.0 Å². The maximum atomic E-state index is 5.30. The Bertz CT molecular complexity index is 201. The molecule has 0 radical (unpaired) electrons. The van der Waals surface area contributed by atoms with Crippen LogP contribution in [0.2, 0.25) is 0 Å². The molecule has 0 aromatic rings. The van der Waals surface area contributed by atoms with E-state index in [1.165, 1.54) is 38.6 Å². The van der Waals surface area contributed by atoms with Crippen molar-refractivity contribution in [2.75, 3.05) is 20.3 Å². The van der Waals surface area contributed by atoms with Gasteiger partial charge in [0.1, 0.15) is 0 Å². The lowest BCUT2D eigenvalue weighted by atomic mass is 10.00. The SMILES string of the molecule is COCC(NC(C)CC1CCCCCN1)C(C)C. The molecule has 1 saturated heterocycles. The molecule has 3 atom stereocenters. The average molecular weight is 256 g/mol. The highest BCUT2D eigenvalue weighted by Gasteiger charge is 2.19. The summed E-state index contributed by atoms with van der Waals surface area (Å²) in [6.45, 7) is 8.82. The fraction of sp³-hybridized carbons (Fsp3) is 1.00. The van der Waals surface area contributed by atoms with Gasteiger partial charge >= 0.3 is 0 Å². The van der Waals surface area contributed by atoms with Gasteiger partial charge in [0.2, 0.25) is 0 Å². The first kappa shape index (κ1) is 15.9. The fourth-order valence-corrected chi connectivity index (χ4v) is 2.77. The van der Waals surface area contributed by atoms with Gasteiger partial charge < -0.3 is 15.4 Å². The smallest absolute Gasteiger partial charge is 0.0618 e. The standard InChI is InChI=1S/C15H32N2O/c1-12(2)15(11-18-4)17-13(3)10-14-8-6-5-7-9-16-14/h12-17H,5-11H2,1-4H3. The van der Waals surface area contributed by atoms with Crippen molar-refractivity contribution in [1.82, 2.24) is 10.6 Å². The zero-order valence-electron chi connectivity index (χ0n) is 12.7. The Balaban J connectivity index is 2.31. The third-order valence-corrected chi connectivity index (χ3v) is 3.95. The number of nitrogens with one attached hydrogen (secondary N) is 2. The van der Waals surface area contributed by atoms with Crippen LogP contribution in [-0.2, 0) is 4.74 Å². The Hall–Kier alpha value is -0.120. The van der Waals surface area contributed by atoms with Crippen molar-refractivity contribution in [2.24, 2.45) is 5.92 Å².